The normalized spacial score (nSPS) is 10.0. The van der Waals surface area contributed by atoms with Gasteiger partial charge in [0.2, 0.25) is 5.88 Å². The molecular formula is C14H17N5O2. The van der Waals surface area contributed by atoms with Gasteiger partial charge in [0.25, 0.3) is 5.91 Å². The lowest BCUT2D eigenvalue weighted by molar-refractivity contribution is 0.102. The Kier molecular flexibility index (Phi) is 4.68. The zero-order chi connectivity index (χ0) is 15.2. The number of pyridine rings is 2. The van der Waals surface area contributed by atoms with E-state index in [1.807, 2.05) is 13.8 Å². The van der Waals surface area contributed by atoms with E-state index in [0.29, 0.717) is 29.4 Å². The van der Waals surface area contributed by atoms with Crippen LogP contribution in [0.15, 0.2) is 30.6 Å². The lowest BCUT2D eigenvalue weighted by Gasteiger charge is -2.10. The van der Waals surface area contributed by atoms with Gasteiger partial charge in [-0.3, -0.25) is 15.6 Å². The zero-order valence-electron chi connectivity index (χ0n) is 11.9. The van der Waals surface area contributed by atoms with E-state index < -0.39 is 0 Å². The van der Waals surface area contributed by atoms with Crippen LogP contribution in [0, 0.1) is 6.92 Å². The molecule has 0 radical (unpaired) electrons. The van der Waals surface area contributed by atoms with Crippen molar-refractivity contribution in [2.45, 2.75) is 13.8 Å². The first-order valence-corrected chi connectivity index (χ1v) is 6.47. The molecule has 0 aliphatic rings. The summed E-state index contributed by atoms with van der Waals surface area (Å²) in [6.45, 7) is 4.24. The SMILES string of the molecule is CCOc1ccc(NC(=O)c2cnc(C)cc2NN)cn1. The summed E-state index contributed by atoms with van der Waals surface area (Å²) >= 11 is 0. The molecule has 21 heavy (non-hydrogen) atoms. The third kappa shape index (κ3) is 3.67. The monoisotopic (exact) mass is 287 g/mol. The highest BCUT2D eigenvalue weighted by molar-refractivity contribution is 6.07. The molecule has 4 N–H and O–H groups in total. The maximum Gasteiger partial charge on any atom is 0.259 e. The number of nitrogen functional groups attached to an aromatic ring is 1. The van der Waals surface area contributed by atoms with Gasteiger partial charge < -0.3 is 15.5 Å². The van der Waals surface area contributed by atoms with Crippen LogP contribution in [-0.4, -0.2) is 22.5 Å². The average molecular weight is 287 g/mol. The van der Waals surface area contributed by atoms with Crippen LogP contribution in [0.5, 0.6) is 5.88 Å². The Morgan fingerprint density at radius 2 is 2.14 bits per heavy atom. The van der Waals surface area contributed by atoms with E-state index in [4.69, 9.17) is 10.6 Å². The van der Waals surface area contributed by atoms with Crippen LogP contribution >= 0.6 is 0 Å². The Bertz CT molecular complexity index is 628. The topological polar surface area (TPSA) is 102 Å². The molecule has 110 valence electrons. The van der Waals surface area contributed by atoms with Gasteiger partial charge in [-0.1, -0.05) is 0 Å². The molecule has 1 amide bonds. The molecule has 0 fully saturated rings. The number of nitrogens with one attached hydrogen (secondary N) is 2. The van der Waals surface area contributed by atoms with Crippen molar-refractivity contribution in [2.24, 2.45) is 5.84 Å². The van der Waals surface area contributed by atoms with Crippen molar-refractivity contribution in [3.05, 3.63) is 41.9 Å². The molecule has 0 bridgehead atoms. The Balaban J connectivity index is 2.14. The smallest absolute Gasteiger partial charge is 0.259 e. The Morgan fingerprint density at radius 3 is 2.76 bits per heavy atom. The predicted molar refractivity (Wildman–Crippen MR) is 80.1 cm³/mol. The molecule has 0 atom stereocenters. The minimum Gasteiger partial charge on any atom is -0.478 e. The van der Waals surface area contributed by atoms with Gasteiger partial charge in [-0.15, -0.1) is 0 Å². The fraction of sp³-hybridized carbons (Fsp3) is 0.214. The van der Waals surface area contributed by atoms with E-state index in [9.17, 15) is 4.79 Å². The third-order valence-corrected chi connectivity index (χ3v) is 2.73. The van der Waals surface area contributed by atoms with Crippen LogP contribution in [0.4, 0.5) is 11.4 Å². The largest absolute Gasteiger partial charge is 0.478 e. The maximum atomic E-state index is 12.2. The number of nitrogens with two attached hydrogens (primary N) is 1. The van der Waals surface area contributed by atoms with E-state index in [2.05, 4.69) is 20.7 Å². The van der Waals surface area contributed by atoms with Gasteiger partial charge in [0, 0.05) is 18.0 Å². The summed E-state index contributed by atoms with van der Waals surface area (Å²) in [6.07, 6.45) is 3.00. The number of hydrogen-bond acceptors (Lipinski definition) is 6. The number of aromatic nitrogens is 2. The van der Waals surface area contributed by atoms with Crippen molar-refractivity contribution in [1.82, 2.24) is 9.97 Å². The van der Waals surface area contributed by atoms with Crippen LogP contribution in [0.1, 0.15) is 23.0 Å². The van der Waals surface area contributed by atoms with E-state index >= 15 is 0 Å². The van der Waals surface area contributed by atoms with Crippen molar-refractivity contribution in [2.75, 3.05) is 17.3 Å². The second-order valence-corrected chi connectivity index (χ2v) is 4.29. The molecule has 2 aromatic heterocycles. The van der Waals surface area contributed by atoms with Gasteiger partial charge in [-0.25, -0.2) is 4.98 Å². The molecular weight excluding hydrogens is 270 g/mol. The van der Waals surface area contributed by atoms with Gasteiger partial charge in [0.15, 0.2) is 0 Å². The fourth-order valence-corrected chi connectivity index (χ4v) is 1.75. The molecule has 7 nitrogen and oxygen atoms in total. The molecule has 7 heteroatoms. The molecule has 2 aromatic rings. The number of hydrazine groups is 1. The molecule has 2 rings (SSSR count). The summed E-state index contributed by atoms with van der Waals surface area (Å²) in [7, 11) is 0. The predicted octanol–water partition coefficient (Wildman–Crippen LogP) is 1.72. The Morgan fingerprint density at radius 1 is 1.33 bits per heavy atom. The first kappa shape index (κ1) is 14.7. The van der Waals surface area contributed by atoms with Crippen molar-refractivity contribution < 1.29 is 9.53 Å². The van der Waals surface area contributed by atoms with E-state index in [1.165, 1.54) is 12.4 Å². The van der Waals surface area contributed by atoms with E-state index in [1.54, 1.807) is 18.2 Å². The van der Waals surface area contributed by atoms with Crippen molar-refractivity contribution in [3.63, 3.8) is 0 Å². The summed E-state index contributed by atoms with van der Waals surface area (Å²) in [6, 6.07) is 5.10. The minimum absolute atomic E-state index is 0.318. The number of anilines is 2. The Hall–Kier alpha value is -2.67. The standard InChI is InChI=1S/C14H17N5O2/c1-3-21-13-5-4-10(7-17-13)18-14(20)11-8-16-9(2)6-12(11)19-15/h4-8H,3,15H2,1-2H3,(H,16,19)(H,18,20). The van der Waals surface area contributed by atoms with Crippen LogP contribution in [0.2, 0.25) is 0 Å². The fourth-order valence-electron chi connectivity index (χ4n) is 1.75. The van der Waals surface area contributed by atoms with Crippen molar-refractivity contribution in [1.29, 1.82) is 0 Å². The number of carbonyl (C=O) groups excluding carboxylic acids is 1. The summed E-state index contributed by atoms with van der Waals surface area (Å²) in [5.74, 6) is 5.61. The molecule has 0 saturated heterocycles. The van der Waals surface area contributed by atoms with Gasteiger partial charge in [-0.05, 0) is 26.0 Å². The number of amides is 1. The molecule has 0 saturated carbocycles. The van der Waals surface area contributed by atoms with Crippen LogP contribution < -0.4 is 21.3 Å². The average Bonchev–Trinajstić information content (AvgIpc) is 2.49. The summed E-state index contributed by atoms with van der Waals surface area (Å²) in [5.41, 5.74) is 4.69. The first-order valence-electron chi connectivity index (χ1n) is 6.47. The summed E-state index contributed by atoms with van der Waals surface area (Å²) in [5, 5.41) is 2.73. The highest BCUT2D eigenvalue weighted by Gasteiger charge is 2.12. The van der Waals surface area contributed by atoms with Crippen LogP contribution in [-0.2, 0) is 0 Å². The van der Waals surface area contributed by atoms with E-state index in [-0.39, 0.29) is 5.91 Å². The number of nitrogens with zero attached hydrogens (tertiary/aromatic N) is 2. The molecule has 0 aliphatic carbocycles. The number of hydrogen-bond donors (Lipinski definition) is 3. The van der Waals surface area contributed by atoms with Gasteiger partial charge in [-0.2, -0.15) is 0 Å². The molecule has 2 heterocycles. The quantitative estimate of drug-likeness (QED) is 0.571. The lowest BCUT2D eigenvalue weighted by Crippen LogP contribution is -2.18. The number of aryl methyl sites for hydroxylation is 1. The highest BCUT2D eigenvalue weighted by Crippen LogP contribution is 2.17. The summed E-state index contributed by atoms with van der Waals surface area (Å²) < 4.78 is 5.24. The summed E-state index contributed by atoms with van der Waals surface area (Å²) in [4.78, 5) is 20.4. The first-order chi connectivity index (χ1) is 10.1. The molecule has 0 spiro atoms. The van der Waals surface area contributed by atoms with Crippen molar-refractivity contribution in [3.8, 4) is 5.88 Å². The molecule has 0 aliphatic heterocycles. The Labute approximate surface area is 122 Å². The maximum absolute atomic E-state index is 12.2. The minimum atomic E-state index is -0.318. The second kappa shape index (κ2) is 6.67. The molecule has 0 unspecified atom stereocenters. The number of carbonyl (C=O) groups is 1. The number of rotatable bonds is 5. The van der Waals surface area contributed by atoms with Crippen LogP contribution in [0.3, 0.4) is 0 Å². The zero-order valence-corrected chi connectivity index (χ0v) is 11.9. The highest BCUT2D eigenvalue weighted by atomic mass is 16.5. The second-order valence-electron chi connectivity index (χ2n) is 4.29. The molecule has 0 aromatic carbocycles. The lowest BCUT2D eigenvalue weighted by atomic mass is 10.2. The van der Waals surface area contributed by atoms with Crippen molar-refractivity contribution >= 4 is 17.3 Å². The van der Waals surface area contributed by atoms with Gasteiger partial charge in [0.1, 0.15) is 0 Å². The number of ether oxygens (including phenoxy) is 1. The van der Waals surface area contributed by atoms with Crippen LogP contribution in [0.25, 0.3) is 0 Å². The van der Waals surface area contributed by atoms with Gasteiger partial charge in [0.05, 0.1) is 29.7 Å². The van der Waals surface area contributed by atoms with E-state index in [0.717, 1.165) is 5.69 Å². The third-order valence-electron chi connectivity index (χ3n) is 2.73. The van der Waals surface area contributed by atoms with Gasteiger partial charge >= 0.3 is 0 Å².